The molecular formula is C39H50N12O4. The number of nitrogens with one attached hydrogen (secondary N) is 3. The van der Waals surface area contributed by atoms with Gasteiger partial charge in [-0.3, -0.25) is 4.68 Å². The van der Waals surface area contributed by atoms with Crippen molar-refractivity contribution < 1.29 is 20.1 Å². The number of urea groups is 1. The van der Waals surface area contributed by atoms with E-state index in [0.29, 0.717) is 55.3 Å². The van der Waals surface area contributed by atoms with Crippen molar-refractivity contribution in [1.29, 1.82) is 0 Å². The average molecular weight is 751 g/mol. The highest BCUT2D eigenvalue weighted by atomic mass is 16.3. The number of benzene rings is 1. The molecule has 1 saturated carbocycles. The van der Waals surface area contributed by atoms with Crippen molar-refractivity contribution in [2.75, 3.05) is 47.9 Å². The molecule has 0 radical (unpaired) electrons. The van der Waals surface area contributed by atoms with Crippen LogP contribution in [0.15, 0.2) is 73.4 Å². The van der Waals surface area contributed by atoms with Gasteiger partial charge in [0.2, 0.25) is 5.95 Å². The number of fused-ring (bicyclic) bond motifs is 1. The lowest BCUT2D eigenvalue weighted by molar-refractivity contribution is 0.00721. The molecule has 2 saturated heterocycles. The number of anilines is 3. The first-order chi connectivity index (χ1) is 26.9. The van der Waals surface area contributed by atoms with Gasteiger partial charge in [-0.2, -0.15) is 15.1 Å². The maximum Gasteiger partial charge on any atom is 0.315 e. The smallest absolute Gasteiger partial charge is 0.315 e. The molecule has 2 amide bonds. The molecule has 3 fully saturated rings. The Morgan fingerprint density at radius 2 is 1.64 bits per heavy atom. The number of aliphatic hydroxyl groups is 3. The maximum absolute atomic E-state index is 13.2. The van der Waals surface area contributed by atoms with Crippen LogP contribution in [0.4, 0.5) is 22.4 Å². The first kappa shape index (κ1) is 36.6. The summed E-state index contributed by atoms with van der Waals surface area (Å²) in [4.78, 5) is 36.6. The Labute approximate surface area is 319 Å². The third-order valence-corrected chi connectivity index (χ3v) is 11.3. The molecule has 0 bridgehead atoms. The monoisotopic (exact) mass is 750 g/mol. The number of nitrogens with zero attached hydrogens (tertiary/aromatic N) is 9. The van der Waals surface area contributed by atoms with E-state index in [4.69, 9.17) is 15.0 Å². The number of amides is 2. The molecule has 0 spiro atoms. The second kappa shape index (κ2) is 16.2. The fourth-order valence-corrected chi connectivity index (χ4v) is 8.17. The average Bonchev–Trinajstić information content (AvgIpc) is 4.03. The van der Waals surface area contributed by atoms with Gasteiger partial charge in [0, 0.05) is 50.7 Å². The Balaban J connectivity index is 0.997. The van der Waals surface area contributed by atoms with Crippen molar-refractivity contribution in [1.82, 2.24) is 44.9 Å². The molecule has 3 aliphatic rings. The fraction of sp³-hybridized carbons (Fsp3) is 0.487. The maximum atomic E-state index is 13.2. The molecule has 290 valence electrons. The second-order valence-corrected chi connectivity index (χ2v) is 14.9. The van der Waals surface area contributed by atoms with Crippen molar-refractivity contribution in [2.45, 2.75) is 87.9 Å². The minimum absolute atomic E-state index is 0.0820. The fourth-order valence-electron chi connectivity index (χ4n) is 8.17. The van der Waals surface area contributed by atoms with Crippen LogP contribution in [0.3, 0.4) is 0 Å². The zero-order chi connectivity index (χ0) is 37.9. The number of carbonyl (C=O) groups is 1. The Bertz CT molecular complexity index is 2040. The summed E-state index contributed by atoms with van der Waals surface area (Å²) < 4.78 is 3.57. The topological polar surface area (TPSA) is 195 Å². The standard InChI is InChI=1S/C39H50N12O4/c1-2-25-20-42-51(21-25)31-19-30(34(53)35(31)54)50-24-41-33-36(43-29(23-52)18-26-8-4-3-5-9-26)46-38(47-37(33)50)49-17-13-28(22-49)45-39(55)44-27-11-15-48(16-12-27)32-10-6-7-14-40-32/h3-10,14,20-21,24,27-31,34-35,52-54H,2,11-13,15-19,22-23H2,1H3,(H,43,46,47)(H2,44,45,55)/t28-,29-,30+,31-,34-,35+/m0/s1. The third-order valence-electron chi connectivity index (χ3n) is 11.3. The summed E-state index contributed by atoms with van der Waals surface area (Å²) in [5.41, 5.74) is 3.12. The Hall–Kier alpha value is -5.32. The first-order valence-corrected chi connectivity index (χ1v) is 19.4. The number of hydrogen-bond donors (Lipinski definition) is 6. The molecule has 16 nitrogen and oxygen atoms in total. The van der Waals surface area contributed by atoms with Gasteiger partial charge in [-0.25, -0.2) is 14.8 Å². The molecule has 2 aliphatic heterocycles. The molecule has 6 atom stereocenters. The van der Waals surface area contributed by atoms with Gasteiger partial charge in [-0.05, 0) is 61.8 Å². The number of carbonyl (C=O) groups excluding carboxylic acids is 1. The lowest BCUT2D eigenvalue weighted by Crippen LogP contribution is -2.50. The van der Waals surface area contributed by atoms with E-state index in [1.807, 2.05) is 64.2 Å². The first-order valence-electron chi connectivity index (χ1n) is 19.4. The number of rotatable bonds is 12. The lowest BCUT2D eigenvalue weighted by atomic mass is 10.1. The molecule has 16 heteroatoms. The summed E-state index contributed by atoms with van der Waals surface area (Å²) >= 11 is 0. The molecule has 6 heterocycles. The lowest BCUT2D eigenvalue weighted by Gasteiger charge is -2.33. The normalized spacial score (nSPS) is 23.7. The van der Waals surface area contributed by atoms with E-state index in [1.54, 1.807) is 23.4 Å². The number of imidazole rings is 1. The minimum Gasteiger partial charge on any atom is -0.394 e. The molecule has 6 N–H and O–H groups in total. The van der Waals surface area contributed by atoms with Crippen molar-refractivity contribution in [3.63, 3.8) is 0 Å². The van der Waals surface area contributed by atoms with Crippen LogP contribution in [0.1, 0.15) is 55.8 Å². The Kier molecular flexibility index (Phi) is 10.8. The van der Waals surface area contributed by atoms with Gasteiger partial charge in [-0.1, -0.05) is 43.3 Å². The highest BCUT2D eigenvalue weighted by Crippen LogP contribution is 2.40. The third kappa shape index (κ3) is 7.93. The van der Waals surface area contributed by atoms with Gasteiger partial charge in [0.05, 0.1) is 37.3 Å². The molecule has 1 aromatic carbocycles. The SMILES string of the molecule is CCc1cnn([C@H]2C[C@@H](n3cnc4c(N[C@H](CO)Cc5ccccc5)nc(N5CC[C@H](NC(=O)NC6CCN(c7ccccn7)CC6)C5)nc43)[C@H](O)[C@@H]2O)c1. The number of aryl methyl sites for hydroxylation is 1. The van der Waals surface area contributed by atoms with Crippen molar-refractivity contribution in [3.8, 4) is 0 Å². The van der Waals surface area contributed by atoms with Gasteiger partial charge in [-0.15, -0.1) is 0 Å². The molecule has 8 rings (SSSR count). The largest absolute Gasteiger partial charge is 0.394 e. The summed E-state index contributed by atoms with van der Waals surface area (Å²) in [5, 5.41) is 47.3. The predicted molar refractivity (Wildman–Crippen MR) is 208 cm³/mol. The van der Waals surface area contributed by atoms with E-state index in [0.717, 1.165) is 49.3 Å². The molecule has 5 aromatic rings. The number of aromatic nitrogens is 7. The minimum atomic E-state index is -1.09. The summed E-state index contributed by atoms with van der Waals surface area (Å²) in [6.45, 7) is 4.69. The van der Waals surface area contributed by atoms with Crippen LogP contribution in [0, 0.1) is 0 Å². The van der Waals surface area contributed by atoms with E-state index < -0.39 is 24.3 Å². The van der Waals surface area contributed by atoms with Gasteiger partial charge in [0.1, 0.15) is 18.0 Å². The van der Waals surface area contributed by atoms with Crippen molar-refractivity contribution in [2.24, 2.45) is 0 Å². The molecular weight excluding hydrogens is 701 g/mol. The molecule has 0 unspecified atom stereocenters. The zero-order valence-electron chi connectivity index (χ0n) is 31.0. The van der Waals surface area contributed by atoms with E-state index in [-0.39, 0.29) is 30.8 Å². The number of pyridine rings is 1. The predicted octanol–water partition coefficient (Wildman–Crippen LogP) is 2.45. The van der Waals surface area contributed by atoms with Crippen LogP contribution in [0.25, 0.3) is 11.2 Å². The summed E-state index contributed by atoms with van der Waals surface area (Å²) in [6.07, 6.45) is 9.21. The van der Waals surface area contributed by atoms with E-state index in [2.05, 4.69) is 37.9 Å². The molecule has 4 aromatic heterocycles. The second-order valence-electron chi connectivity index (χ2n) is 14.9. The van der Waals surface area contributed by atoms with Gasteiger partial charge >= 0.3 is 6.03 Å². The summed E-state index contributed by atoms with van der Waals surface area (Å²) in [5.74, 6) is 1.87. The van der Waals surface area contributed by atoms with Crippen LogP contribution in [0.2, 0.25) is 0 Å². The number of hydrogen-bond acceptors (Lipinski definition) is 12. The van der Waals surface area contributed by atoms with Crippen LogP contribution >= 0.6 is 0 Å². The van der Waals surface area contributed by atoms with Gasteiger partial charge in [0.15, 0.2) is 17.0 Å². The van der Waals surface area contributed by atoms with E-state index >= 15 is 0 Å². The number of piperidine rings is 1. The zero-order valence-corrected chi connectivity index (χ0v) is 31.0. The van der Waals surface area contributed by atoms with Crippen LogP contribution < -0.4 is 25.8 Å². The number of aliphatic hydroxyl groups excluding tert-OH is 3. The summed E-state index contributed by atoms with van der Waals surface area (Å²) in [7, 11) is 0. The van der Waals surface area contributed by atoms with Crippen molar-refractivity contribution >= 4 is 34.8 Å². The highest BCUT2D eigenvalue weighted by molar-refractivity contribution is 5.85. The van der Waals surface area contributed by atoms with E-state index in [9.17, 15) is 20.1 Å². The van der Waals surface area contributed by atoms with Gasteiger partial charge in [0.25, 0.3) is 0 Å². The highest BCUT2D eigenvalue weighted by Gasteiger charge is 2.44. The Morgan fingerprint density at radius 1 is 0.891 bits per heavy atom. The molecule has 55 heavy (non-hydrogen) atoms. The molecule has 1 aliphatic carbocycles. The van der Waals surface area contributed by atoms with Crippen LogP contribution in [0.5, 0.6) is 0 Å². The van der Waals surface area contributed by atoms with Crippen molar-refractivity contribution in [3.05, 3.63) is 84.6 Å². The Morgan fingerprint density at radius 3 is 2.38 bits per heavy atom. The van der Waals surface area contributed by atoms with Gasteiger partial charge < -0.3 is 45.6 Å². The van der Waals surface area contributed by atoms with Crippen LogP contribution in [-0.2, 0) is 12.8 Å². The quantitative estimate of drug-likeness (QED) is 0.109. The van der Waals surface area contributed by atoms with E-state index in [1.165, 1.54) is 0 Å². The summed E-state index contributed by atoms with van der Waals surface area (Å²) in [6, 6.07) is 14.3. The van der Waals surface area contributed by atoms with Crippen LogP contribution in [-0.4, -0.2) is 119 Å².